The van der Waals surface area contributed by atoms with Crippen molar-refractivity contribution in [2.45, 2.75) is 6.92 Å². The highest BCUT2D eigenvalue weighted by Crippen LogP contribution is 2.30. The first-order valence-corrected chi connectivity index (χ1v) is 8.94. The van der Waals surface area contributed by atoms with Crippen LogP contribution in [-0.2, 0) is 0 Å². The molecule has 0 nitrogen and oxygen atoms in total. The van der Waals surface area contributed by atoms with Crippen molar-refractivity contribution < 1.29 is 17.6 Å². The topological polar surface area (TPSA) is 0 Å². The Kier molecular flexibility index (Phi) is 6.48. The van der Waals surface area contributed by atoms with Crippen molar-refractivity contribution in [3.63, 3.8) is 0 Å². The van der Waals surface area contributed by atoms with Gasteiger partial charge in [-0.1, -0.05) is 36.4 Å². The summed E-state index contributed by atoms with van der Waals surface area (Å²) in [4.78, 5) is 0. The molecule has 3 aromatic rings. The summed E-state index contributed by atoms with van der Waals surface area (Å²) in [7, 11) is 0. The molecule has 0 aliphatic carbocycles. The van der Waals surface area contributed by atoms with Gasteiger partial charge in [-0.2, -0.15) is 0 Å². The van der Waals surface area contributed by atoms with Crippen molar-refractivity contribution in [1.29, 1.82) is 0 Å². The van der Waals surface area contributed by atoms with E-state index in [2.05, 4.69) is 41.4 Å². The number of benzene rings is 3. The van der Waals surface area contributed by atoms with E-state index in [1.165, 1.54) is 55.5 Å². The highest BCUT2D eigenvalue weighted by molar-refractivity contribution is 5.72. The van der Waals surface area contributed by atoms with Crippen LogP contribution in [0.2, 0.25) is 0 Å². The molecule has 0 amide bonds. The van der Waals surface area contributed by atoms with Crippen LogP contribution in [0, 0.1) is 78.1 Å². The van der Waals surface area contributed by atoms with Crippen LogP contribution in [0.3, 0.4) is 0 Å². The highest BCUT2D eigenvalue weighted by Gasteiger charge is 2.15. The molecule has 31 heavy (non-hydrogen) atoms. The van der Waals surface area contributed by atoms with E-state index in [9.17, 15) is 17.6 Å². The molecular formula is C27H12F4. The zero-order valence-corrected chi connectivity index (χ0v) is 16.2. The molecule has 0 radical (unpaired) electrons. The summed E-state index contributed by atoms with van der Waals surface area (Å²) < 4.78 is 57.0. The summed E-state index contributed by atoms with van der Waals surface area (Å²) in [6.45, 7) is 1.47. The number of terminal acetylenes is 1. The predicted molar refractivity (Wildman–Crippen MR) is 113 cm³/mol. The van der Waals surface area contributed by atoms with Gasteiger partial charge < -0.3 is 0 Å². The van der Waals surface area contributed by atoms with E-state index in [1.807, 2.05) is 0 Å². The molecule has 0 saturated carbocycles. The Labute approximate surface area is 177 Å². The number of hydrogen-bond donors (Lipinski definition) is 0. The molecule has 0 N–H and O–H groups in total. The molecule has 0 aliphatic heterocycles. The lowest BCUT2D eigenvalue weighted by molar-refractivity contribution is 0.505. The van der Waals surface area contributed by atoms with Crippen molar-refractivity contribution in [3.05, 3.63) is 82.9 Å². The van der Waals surface area contributed by atoms with E-state index in [-0.39, 0.29) is 22.3 Å². The summed E-state index contributed by atoms with van der Waals surface area (Å²) in [6.07, 6.45) is 4.94. The molecule has 148 valence electrons. The Morgan fingerprint density at radius 3 is 1.71 bits per heavy atom. The molecule has 3 aromatic carbocycles. The van der Waals surface area contributed by atoms with Gasteiger partial charge in [0.2, 0.25) is 0 Å². The monoisotopic (exact) mass is 412 g/mol. The third-order valence-corrected chi connectivity index (χ3v) is 4.38. The Hall–Kier alpha value is -4.38. The van der Waals surface area contributed by atoms with Crippen LogP contribution in [-0.4, -0.2) is 0 Å². The number of halogens is 4. The first kappa shape index (κ1) is 21.3. The Balaban J connectivity index is 1.91. The van der Waals surface area contributed by atoms with Crippen molar-refractivity contribution in [1.82, 2.24) is 0 Å². The van der Waals surface area contributed by atoms with Crippen molar-refractivity contribution in [2.24, 2.45) is 0 Å². The van der Waals surface area contributed by atoms with Gasteiger partial charge in [-0.15, -0.1) is 6.42 Å². The van der Waals surface area contributed by atoms with Gasteiger partial charge in [-0.3, -0.25) is 0 Å². The lowest BCUT2D eigenvalue weighted by Crippen LogP contribution is -1.95. The molecule has 0 spiro atoms. The minimum Gasteiger partial charge on any atom is -0.203 e. The van der Waals surface area contributed by atoms with E-state index in [0.717, 1.165) is 0 Å². The Morgan fingerprint density at radius 2 is 1.10 bits per heavy atom. The van der Waals surface area contributed by atoms with Crippen molar-refractivity contribution >= 4 is 0 Å². The fourth-order valence-corrected chi connectivity index (χ4v) is 2.80. The zero-order chi connectivity index (χ0) is 22.4. The molecule has 0 bridgehead atoms. The Bertz CT molecular complexity index is 1390. The van der Waals surface area contributed by atoms with E-state index in [0.29, 0.717) is 11.1 Å². The van der Waals surface area contributed by atoms with Gasteiger partial charge in [0.05, 0.1) is 5.56 Å². The molecule has 0 fully saturated rings. The highest BCUT2D eigenvalue weighted by atomic mass is 19.2. The average Bonchev–Trinajstić information content (AvgIpc) is 2.78. The number of hydrogen-bond acceptors (Lipinski definition) is 0. The lowest BCUT2D eigenvalue weighted by atomic mass is 9.98. The maximum atomic E-state index is 14.6. The molecule has 0 atom stereocenters. The summed E-state index contributed by atoms with van der Waals surface area (Å²) >= 11 is 0. The van der Waals surface area contributed by atoms with Gasteiger partial charge in [0.1, 0.15) is 0 Å². The zero-order valence-electron chi connectivity index (χ0n) is 16.2. The largest absolute Gasteiger partial charge is 0.203 e. The van der Waals surface area contributed by atoms with Gasteiger partial charge in [0, 0.05) is 11.1 Å². The number of rotatable bonds is 2. The molecule has 0 unspecified atom stereocenters. The minimum absolute atomic E-state index is 0.0103. The second-order valence-corrected chi connectivity index (χ2v) is 6.32. The lowest BCUT2D eigenvalue weighted by Gasteiger charge is -2.09. The van der Waals surface area contributed by atoms with E-state index < -0.39 is 23.3 Å². The van der Waals surface area contributed by atoms with Gasteiger partial charge in [-0.25, -0.2) is 17.6 Å². The van der Waals surface area contributed by atoms with Crippen LogP contribution in [0.1, 0.15) is 11.1 Å². The fraction of sp³-hybridized carbons (Fsp3) is 0.0370. The van der Waals surface area contributed by atoms with E-state index >= 15 is 0 Å². The fourth-order valence-electron chi connectivity index (χ4n) is 2.80. The molecule has 0 aliphatic rings. The first-order chi connectivity index (χ1) is 14.9. The standard InChI is InChI=1S/C27H12F4/c1-3-4-5-6-7-8-9-21-15-17-23(27(31)25(21)29)20-13-11-19(12-14-20)22-16-10-18(2)24(28)26(22)30/h1,10-17H,2H3. The normalized spacial score (nSPS) is 9.29. The van der Waals surface area contributed by atoms with Gasteiger partial charge in [0.25, 0.3) is 0 Å². The average molecular weight is 412 g/mol. The quantitative estimate of drug-likeness (QED) is 0.364. The van der Waals surface area contributed by atoms with Crippen LogP contribution >= 0.6 is 0 Å². The maximum absolute atomic E-state index is 14.6. The summed E-state index contributed by atoms with van der Waals surface area (Å²) in [5.74, 6) is 12.2. The third-order valence-electron chi connectivity index (χ3n) is 4.38. The van der Waals surface area contributed by atoms with Crippen LogP contribution in [0.25, 0.3) is 22.3 Å². The van der Waals surface area contributed by atoms with Crippen LogP contribution in [0.4, 0.5) is 17.6 Å². The second kappa shape index (κ2) is 9.41. The summed E-state index contributed by atoms with van der Waals surface area (Å²) in [6, 6.07) is 11.7. The SMILES string of the molecule is C#CC#CC#CC#Cc1ccc(-c2ccc(-c3ccc(C)c(F)c3F)cc2)c(F)c1F. The maximum Gasteiger partial charge on any atom is 0.175 e. The van der Waals surface area contributed by atoms with Crippen LogP contribution in [0.5, 0.6) is 0 Å². The van der Waals surface area contributed by atoms with E-state index in [1.54, 1.807) is 0 Å². The first-order valence-electron chi connectivity index (χ1n) is 8.94. The predicted octanol–water partition coefficient (Wildman–Crippen LogP) is 5.88. The van der Waals surface area contributed by atoms with Crippen LogP contribution < -0.4 is 0 Å². The third kappa shape index (κ3) is 4.62. The molecule has 4 heteroatoms. The summed E-state index contributed by atoms with van der Waals surface area (Å²) in [5, 5.41) is 0. The smallest absolute Gasteiger partial charge is 0.175 e. The molecule has 3 rings (SSSR count). The molecule has 0 aromatic heterocycles. The van der Waals surface area contributed by atoms with Gasteiger partial charge >= 0.3 is 0 Å². The van der Waals surface area contributed by atoms with Gasteiger partial charge in [-0.05, 0) is 77.2 Å². The number of aryl methyl sites for hydroxylation is 1. The van der Waals surface area contributed by atoms with E-state index in [4.69, 9.17) is 6.42 Å². The van der Waals surface area contributed by atoms with Crippen LogP contribution in [0.15, 0.2) is 48.5 Å². The second-order valence-electron chi connectivity index (χ2n) is 6.32. The molecule has 0 heterocycles. The molecule has 0 saturated heterocycles. The van der Waals surface area contributed by atoms with Gasteiger partial charge in [0.15, 0.2) is 23.3 Å². The summed E-state index contributed by atoms with van der Waals surface area (Å²) in [5.41, 5.74) is 0.919. The van der Waals surface area contributed by atoms with Crippen molar-refractivity contribution in [2.75, 3.05) is 0 Å². The molecular weight excluding hydrogens is 400 g/mol. The minimum atomic E-state index is -1.11. The van der Waals surface area contributed by atoms with Crippen molar-refractivity contribution in [3.8, 4) is 70.1 Å². The Morgan fingerprint density at radius 1 is 0.581 bits per heavy atom.